The SMILES string of the molecule is O=C(CNc1cc(Br)c(Br)cc1Br)N/N=C\c1cccc(Oc2ccccc2)c1. The van der Waals surface area contributed by atoms with E-state index in [4.69, 9.17) is 4.74 Å². The van der Waals surface area contributed by atoms with Crippen LogP contribution in [0, 0.1) is 0 Å². The number of hydrogen-bond acceptors (Lipinski definition) is 4. The first-order valence-electron chi connectivity index (χ1n) is 8.54. The van der Waals surface area contributed by atoms with E-state index in [1.807, 2.05) is 66.7 Å². The van der Waals surface area contributed by atoms with E-state index in [1.54, 1.807) is 6.21 Å². The summed E-state index contributed by atoms with van der Waals surface area (Å²) in [5.74, 6) is 1.19. The second kappa shape index (κ2) is 10.6. The fraction of sp³-hybridized carbons (Fsp3) is 0.0476. The molecule has 0 saturated heterocycles. The molecular weight excluding hydrogens is 566 g/mol. The van der Waals surface area contributed by atoms with Crippen molar-refractivity contribution >= 4 is 65.6 Å². The minimum atomic E-state index is -0.260. The van der Waals surface area contributed by atoms with Gasteiger partial charge in [0, 0.05) is 13.4 Å². The number of para-hydroxylation sites is 1. The molecule has 29 heavy (non-hydrogen) atoms. The summed E-state index contributed by atoms with van der Waals surface area (Å²) in [6.45, 7) is 0.0845. The van der Waals surface area contributed by atoms with Crippen molar-refractivity contribution in [3.8, 4) is 11.5 Å². The normalized spacial score (nSPS) is 10.7. The zero-order valence-corrected chi connectivity index (χ0v) is 19.8. The molecule has 0 fully saturated rings. The number of amides is 1. The molecule has 0 aromatic heterocycles. The van der Waals surface area contributed by atoms with Crippen molar-refractivity contribution in [2.24, 2.45) is 5.10 Å². The predicted octanol–water partition coefficient (Wildman–Crippen LogP) is 6.33. The molecule has 0 aliphatic rings. The van der Waals surface area contributed by atoms with Gasteiger partial charge in [0.05, 0.1) is 18.4 Å². The Kier molecular flexibility index (Phi) is 7.85. The monoisotopic (exact) mass is 579 g/mol. The van der Waals surface area contributed by atoms with Gasteiger partial charge < -0.3 is 10.1 Å². The molecule has 3 rings (SSSR count). The number of benzene rings is 3. The predicted molar refractivity (Wildman–Crippen MR) is 127 cm³/mol. The zero-order valence-electron chi connectivity index (χ0n) is 15.0. The van der Waals surface area contributed by atoms with Crippen LogP contribution in [0.3, 0.4) is 0 Å². The third-order valence-corrected chi connectivity index (χ3v) is 6.19. The Balaban J connectivity index is 1.52. The number of halogens is 3. The summed E-state index contributed by atoms with van der Waals surface area (Å²) in [5.41, 5.74) is 4.11. The van der Waals surface area contributed by atoms with Gasteiger partial charge in [0.25, 0.3) is 5.91 Å². The van der Waals surface area contributed by atoms with Crippen molar-refractivity contribution in [1.82, 2.24) is 5.43 Å². The molecule has 3 aromatic carbocycles. The molecule has 2 N–H and O–H groups in total. The molecule has 0 radical (unpaired) electrons. The van der Waals surface area contributed by atoms with Gasteiger partial charge in [0.15, 0.2) is 0 Å². The first-order valence-corrected chi connectivity index (χ1v) is 10.9. The van der Waals surface area contributed by atoms with Gasteiger partial charge in [0.1, 0.15) is 11.5 Å². The summed E-state index contributed by atoms with van der Waals surface area (Å²) in [6.07, 6.45) is 1.57. The highest BCUT2D eigenvalue weighted by molar-refractivity contribution is 9.13. The van der Waals surface area contributed by atoms with Crippen molar-refractivity contribution in [2.45, 2.75) is 0 Å². The van der Waals surface area contributed by atoms with E-state index in [-0.39, 0.29) is 12.5 Å². The van der Waals surface area contributed by atoms with Crippen molar-refractivity contribution < 1.29 is 9.53 Å². The Hall–Kier alpha value is -2.16. The molecule has 0 aliphatic carbocycles. The first kappa shape index (κ1) is 21.5. The highest BCUT2D eigenvalue weighted by atomic mass is 79.9. The molecular formula is C21H16Br3N3O2. The highest BCUT2D eigenvalue weighted by Crippen LogP contribution is 2.32. The molecule has 1 amide bonds. The van der Waals surface area contributed by atoms with Gasteiger partial charge in [-0.3, -0.25) is 4.79 Å². The Morgan fingerprint density at radius 2 is 1.62 bits per heavy atom. The standard InChI is InChI=1S/C21H16Br3N3O2/c22-17-10-19(24)20(11-18(17)23)25-13-21(28)27-26-12-14-5-4-8-16(9-14)29-15-6-2-1-3-7-15/h1-12,25H,13H2,(H,27,28)/b26-12-. The van der Waals surface area contributed by atoms with E-state index in [2.05, 4.69) is 63.6 Å². The minimum Gasteiger partial charge on any atom is -0.457 e. The maximum Gasteiger partial charge on any atom is 0.259 e. The second-order valence-corrected chi connectivity index (χ2v) is 8.44. The van der Waals surface area contributed by atoms with Crippen molar-refractivity contribution in [3.63, 3.8) is 0 Å². The van der Waals surface area contributed by atoms with Gasteiger partial charge in [-0.1, -0.05) is 30.3 Å². The lowest BCUT2D eigenvalue weighted by atomic mass is 10.2. The number of rotatable bonds is 7. The van der Waals surface area contributed by atoms with Gasteiger partial charge in [-0.2, -0.15) is 5.10 Å². The number of nitrogens with zero attached hydrogens (tertiary/aromatic N) is 1. The van der Waals surface area contributed by atoms with E-state index in [9.17, 15) is 4.79 Å². The van der Waals surface area contributed by atoms with E-state index in [1.165, 1.54) is 0 Å². The van der Waals surface area contributed by atoms with Crippen LogP contribution < -0.4 is 15.5 Å². The van der Waals surface area contributed by atoms with E-state index in [0.29, 0.717) is 5.75 Å². The smallest absolute Gasteiger partial charge is 0.259 e. The number of anilines is 1. The number of carbonyl (C=O) groups is 1. The van der Waals surface area contributed by atoms with Crippen molar-refractivity contribution in [2.75, 3.05) is 11.9 Å². The molecule has 0 spiro atoms. The quantitative estimate of drug-likeness (QED) is 0.195. The first-order chi connectivity index (χ1) is 14.0. The zero-order chi connectivity index (χ0) is 20.6. The van der Waals surface area contributed by atoms with Gasteiger partial charge in [-0.15, -0.1) is 0 Å². The molecule has 0 heterocycles. The topological polar surface area (TPSA) is 62.7 Å². The van der Waals surface area contributed by atoms with Crippen LogP contribution >= 0.6 is 47.8 Å². The van der Waals surface area contributed by atoms with E-state index < -0.39 is 0 Å². The summed E-state index contributed by atoms with van der Waals surface area (Å²) >= 11 is 10.3. The number of hydrogen-bond donors (Lipinski definition) is 2. The van der Waals surface area contributed by atoms with E-state index >= 15 is 0 Å². The average molecular weight is 582 g/mol. The fourth-order valence-corrected chi connectivity index (χ4v) is 3.81. The van der Waals surface area contributed by atoms with E-state index in [0.717, 1.165) is 30.4 Å². The van der Waals surface area contributed by atoms with Crippen LogP contribution in [0.25, 0.3) is 0 Å². The Bertz CT molecular complexity index is 1030. The Labute approximate surface area is 193 Å². The number of hydrazone groups is 1. The Morgan fingerprint density at radius 3 is 2.41 bits per heavy atom. The van der Waals surface area contributed by atoms with Gasteiger partial charge in [-0.05, 0) is 89.8 Å². The van der Waals surface area contributed by atoms with Gasteiger partial charge >= 0.3 is 0 Å². The lowest BCUT2D eigenvalue weighted by Gasteiger charge is -2.09. The van der Waals surface area contributed by atoms with Crippen LogP contribution in [0.2, 0.25) is 0 Å². The third kappa shape index (κ3) is 6.69. The average Bonchev–Trinajstić information content (AvgIpc) is 2.71. The maximum absolute atomic E-state index is 12.0. The summed E-state index contributed by atoms with van der Waals surface area (Å²) in [5, 5.41) is 7.07. The number of carbonyl (C=O) groups excluding carboxylic acids is 1. The minimum absolute atomic E-state index is 0.0845. The lowest BCUT2D eigenvalue weighted by molar-refractivity contribution is -0.119. The molecule has 0 unspecified atom stereocenters. The van der Waals surface area contributed by atoms with Gasteiger partial charge in [-0.25, -0.2) is 5.43 Å². The Morgan fingerprint density at radius 1 is 0.897 bits per heavy atom. The van der Waals surface area contributed by atoms with Crippen LogP contribution in [0.4, 0.5) is 5.69 Å². The molecule has 3 aromatic rings. The molecule has 0 atom stereocenters. The summed E-state index contributed by atoms with van der Waals surface area (Å²) < 4.78 is 8.45. The molecule has 5 nitrogen and oxygen atoms in total. The summed E-state index contributed by atoms with van der Waals surface area (Å²) in [4.78, 5) is 12.0. The molecule has 148 valence electrons. The van der Waals surface area contributed by atoms with Crippen LogP contribution in [0.5, 0.6) is 11.5 Å². The molecule has 0 bridgehead atoms. The lowest BCUT2D eigenvalue weighted by Crippen LogP contribution is -2.26. The summed E-state index contributed by atoms with van der Waals surface area (Å²) in [7, 11) is 0. The van der Waals surface area contributed by atoms with Gasteiger partial charge in [0.2, 0.25) is 0 Å². The molecule has 0 saturated carbocycles. The van der Waals surface area contributed by atoms with Crippen LogP contribution in [-0.4, -0.2) is 18.7 Å². The van der Waals surface area contributed by atoms with Crippen molar-refractivity contribution in [1.29, 1.82) is 0 Å². The van der Waals surface area contributed by atoms with Crippen molar-refractivity contribution in [3.05, 3.63) is 85.7 Å². The fourth-order valence-electron chi connectivity index (χ4n) is 2.33. The van der Waals surface area contributed by atoms with Crippen LogP contribution in [-0.2, 0) is 4.79 Å². The largest absolute Gasteiger partial charge is 0.457 e. The van der Waals surface area contributed by atoms with Crippen LogP contribution in [0.1, 0.15) is 5.56 Å². The maximum atomic E-state index is 12.0. The van der Waals surface area contributed by atoms with Crippen LogP contribution in [0.15, 0.2) is 85.2 Å². The number of nitrogens with one attached hydrogen (secondary N) is 2. The third-order valence-electron chi connectivity index (χ3n) is 3.69. The highest BCUT2D eigenvalue weighted by Gasteiger charge is 2.06. The molecule has 8 heteroatoms. The molecule has 0 aliphatic heterocycles. The second-order valence-electron chi connectivity index (χ2n) is 5.88. The summed E-state index contributed by atoms with van der Waals surface area (Å²) in [6, 6.07) is 20.8. The number of ether oxygens (including phenoxy) is 1.